The predicted octanol–water partition coefficient (Wildman–Crippen LogP) is 5.40. The van der Waals surface area contributed by atoms with Gasteiger partial charge in [-0.15, -0.1) is 0 Å². The Morgan fingerprint density at radius 3 is 2.42 bits per heavy atom. The van der Waals surface area contributed by atoms with E-state index < -0.39 is 0 Å². The first-order valence-corrected chi connectivity index (χ1v) is 10.9. The molecule has 1 heterocycles. The summed E-state index contributed by atoms with van der Waals surface area (Å²) >= 11 is 0. The maximum absolute atomic E-state index is 12.9. The van der Waals surface area contributed by atoms with E-state index in [-0.39, 0.29) is 5.91 Å². The highest BCUT2D eigenvalue weighted by Gasteiger charge is 2.23. The molecule has 2 N–H and O–H groups in total. The Kier molecular flexibility index (Phi) is 6.60. The molecule has 1 saturated carbocycles. The number of methoxy groups -OCH3 is 2. The van der Waals surface area contributed by atoms with Crippen LogP contribution in [0, 0.1) is 5.92 Å². The lowest BCUT2D eigenvalue weighted by Crippen LogP contribution is -2.31. The Labute approximate surface area is 183 Å². The van der Waals surface area contributed by atoms with Crippen molar-refractivity contribution in [3.8, 4) is 22.6 Å². The SMILES string of the molecule is COc1ccc(-c2c[nH]cc2C(=O)NCC2CCC(c3ccccc3)CC2)cc1OC. The van der Waals surface area contributed by atoms with Crippen LogP contribution in [0.15, 0.2) is 60.9 Å². The molecule has 5 heteroatoms. The minimum atomic E-state index is -0.0452. The van der Waals surface area contributed by atoms with E-state index in [0.717, 1.165) is 30.5 Å². The minimum Gasteiger partial charge on any atom is -0.493 e. The molecule has 3 aromatic rings. The van der Waals surface area contributed by atoms with Gasteiger partial charge in [0.15, 0.2) is 11.5 Å². The van der Waals surface area contributed by atoms with Crippen molar-refractivity contribution in [2.45, 2.75) is 31.6 Å². The number of carbonyl (C=O) groups excluding carboxylic acids is 1. The van der Waals surface area contributed by atoms with Crippen LogP contribution in [0.25, 0.3) is 11.1 Å². The fourth-order valence-corrected chi connectivity index (χ4v) is 4.55. The molecule has 0 bridgehead atoms. The fraction of sp³-hybridized carbons (Fsp3) is 0.346. The Hall–Kier alpha value is -3.21. The molecule has 2 aromatic carbocycles. The molecule has 1 fully saturated rings. The second-order valence-electron chi connectivity index (χ2n) is 8.19. The van der Waals surface area contributed by atoms with Gasteiger partial charge in [-0.05, 0) is 60.8 Å². The summed E-state index contributed by atoms with van der Waals surface area (Å²) in [6, 6.07) is 16.5. The summed E-state index contributed by atoms with van der Waals surface area (Å²) in [6.45, 7) is 0.719. The van der Waals surface area contributed by atoms with Gasteiger partial charge in [-0.1, -0.05) is 36.4 Å². The lowest BCUT2D eigenvalue weighted by atomic mass is 9.78. The highest BCUT2D eigenvalue weighted by Crippen LogP contribution is 2.36. The van der Waals surface area contributed by atoms with Crippen molar-refractivity contribution in [1.29, 1.82) is 0 Å². The predicted molar refractivity (Wildman–Crippen MR) is 123 cm³/mol. The highest BCUT2D eigenvalue weighted by molar-refractivity contribution is 6.00. The average molecular weight is 419 g/mol. The highest BCUT2D eigenvalue weighted by atomic mass is 16.5. The summed E-state index contributed by atoms with van der Waals surface area (Å²) in [4.78, 5) is 16.0. The molecule has 0 unspecified atom stereocenters. The van der Waals surface area contributed by atoms with Gasteiger partial charge in [-0.3, -0.25) is 4.79 Å². The van der Waals surface area contributed by atoms with E-state index in [4.69, 9.17) is 9.47 Å². The van der Waals surface area contributed by atoms with Crippen LogP contribution in [-0.4, -0.2) is 31.7 Å². The van der Waals surface area contributed by atoms with Crippen molar-refractivity contribution in [1.82, 2.24) is 10.3 Å². The van der Waals surface area contributed by atoms with E-state index in [9.17, 15) is 4.79 Å². The van der Waals surface area contributed by atoms with Gasteiger partial charge < -0.3 is 19.8 Å². The monoisotopic (exact) mass is 418 g/mol. The Morgan fingerprint density at radius 1 is 0.968 bits per heavy atom. The third kappa shape index (κ3) is 4.76. The second kappa shape index (κ2) is 9.73. The van der Waals surface area contributed by atoms with Crippen LogP contribution in [0.1, 0.15) is 47.5 Å². The lowest BCUT2D eigenvalue weighted by Gasteiger charge is -2.29. The van der Waals surface area contributed by atoms with Crippen LogP contribution in [0.4, 0.5) is 0 Å². The molecule has 1 aliphatic carbocycles. The molecule has 5 nitrogen and oxygen atoms in total. The van der Waals surface area contributed by atoms with Gasteiger partial charge in [-0.25, -0.2) is 0 Å². The zero-order valence-corrected chi connectivity index (χ0v) is 18.2. The number of rotatable bonds is 7. The molecule has 1 aliphatic rings. The number of ether oxygens (including phenoxy) is 2. The van der Waals surface area contributed by atoms with Gasteiger partial charge in [0, 0.05) is 24.5 Å². The summed E-state index contributed by atoms with van der Waals surface area (Å²) in [6.07, 6.45) is 8.27. The first-order chi connectivity index (χ1) is 15.2. The van der Waals surface area contributed by atoms with Crippen LogP contribution in [0.5, 0.6) is 11.5 Å². The minimum absolute atomic E-state index is 0.0452. The molecule has 0 radical (unpaired) electrons. The lowest BCUT2D eigenvalue weighted by molar-refractivity contribution is 0.0943. The van der Waals surface area contributed by atoms with Crippen molar-refractivity contribution in [2.24, 2.45) is 5.92 Å². The normalized spacial score (nSPS) is 18.4. The summed E-state index contributed by atoms with van der Waals surface area (Å²) in [5, 5.41) is 3.16. The van der Waals surface area contributed by atoms with E-state index in [0.29, 0.717) is 28.9 Å². The van der Waals surface area contributed by atoms with Crippen LogP contribution in [0.3, 0.4) is 0 Å². The number of benzene rings is 2. The second-order valence-corrected chi connectivity index (χ2v) is 8.19. The molecular formula is C26H30N2O3. The van der Waals surface area contributed by atoms with Gasteiger partial charge in [0.2, 0.25) is 0 Å². The standard InChI is InChI=1S/C26H30N2O3/c1-30-24-13-12-21(14-25(24)31-2)22-16-27-17-23(22)26(29)28-15-18-8-10-20(11-9-18)19-6-4-3-5-7-19/h3-7,12-14,16-18,20,27H,8-11,15H2,1-2H3,(H,28,29). The van der Waals surface area contributed by atoms with Gasteiger partial charge >= 0.3 is 0 Å². The van der Waals surface area contributed by atoms with Gasteiger partial charge in [-0.2, -0.15) is 0 Å². The van der Waals surface area contributed by atoms with Crippen molar-refractivity contribution in [3.63, 3.8) is 0 Å². The zero-order valence-electron chi connectivity index (χ0n) is 18.2. The number of hydrogen-bond donors (Lipinski definition) is 2. The summed E-state index contributed by atoms with van der Waals surface area (Å²) < 4.78 is 10.7. The Morgan fingerprint density at radius 2 is 1.71 bits per heavy atom. The molecule has 0 spiro atoms. The van der Waals surface area contributed by atoms with Crippen molar-refractivity contribution in [2.75, 3.05) is 20.8 Å². The van der Waals surface area contributed by atoms with Gasteiger partial charge in [0.25, 0.3) is 5.91 Å². The smallest absolute Gasteiger partial charge is 0.253 e. The van der Waals surface area contributed by atoms with Crippen molar-refractivity contribution in [3.05, 3.63) is 72.1 Å². The number of hydrogen-bond acceptors (Lipinski definition) is 3. The van der Waals surface area contributed by atoms with E-state index in [1.165, 1.54) is 18.4 Å². The molecule has 0 aliphatic heterocycles. The Bertz CT molecular complexity index is 1000. The van der Waals surface area contributed by atoms with E-state index in [1.54, 1.807) is 20.4 Å². The van der Waals surface area contributed by atoms with Crippen molar-refractivity contribution < 1.29 is 14.3 Å². The average Bonchev–Trinajstić information content (AvgIpc) is 3.33. The molecule has 4 rings (SSSR count). The summed E-state index contributed by atoms with van der Waals surface area (Å²) in [5.74, 6) is 2.44. The maximum atomic E-state index is 12.9. The van der Waals surface area contributed by atoms with E-state index in [2.05, 4.69) is 40.6 Å². The fourth-order valence-electron chi connectivity index (χ4n) is 4.55. The number of aromatic amines is 1. The zero-order chi connectivity index (χ0) is 21.6. The number of H-pyrrole nitrogens is 1. The Balaban J connectivity index is 1.36. The van der Waals surface area contributed by atoms with E-state index in [1.807, 2.05) is 24.4 Å². The van der Waals surface area contributed by atoms with Crippen LogP contribution < -0.4 is 14.8 Å². The molecule has 162 valence electrons. The maximum Gasteiger partial charge on any atom is 0.253 e. The van der Waals surface area contributed by atoms with Crippen LogP contribution in [-0.2, 0) is 0 Å². The third-order valence-electron chi connectivity index (χ3n) is 6.35. The van der Waals surface area contributed by atoms with Crippen LogP contribution in [0.2, 0.25) is 0 Å². The molecule has 1 aromatic heterocycles. The third-order valence-corrected chi connectivity index (χ3v) is 6.35. The quantitative estimate of drug-likeness (QED) is 0.540. The molecule has 31 heavy (non-hydrogen) atoms. The number of amides is 1. The summed E-state index contributed by atoms with van der Waals surface area (Å²) in [7, 11) is 3.22. The number of carbonyl (C=O) groups is 1. The topological polar surface area (TPSA) is 63.4 Å². The number of nitrogens with one attached hydrogen (secondary N) is 2. The van der Waals surface area contributed by atoms with Gasteiger partial charge in [0.1, 0.15) is 0 Å². The molecule has 1 amide bonds. The number of aromatic nitrogens is 1. The largest absolute Gasteiger partial charge is 0.493 e. The van der Waals surface area contributed by atoms with Crippen LogP contribution >= 0.6 is 0 Å². The summed E-state index contributed by atoms with van der Waals surface area (Å²) in [5.41, 5.74) is 3.85. The molecular weight excluding hydrogens is 388 g/mol. The van der Waals surface area contributed by atoms with E-state index >= 15 is 0 Å². The molecule has 0 saturated heterocycles. The van der Waals surface area contributed by atoms with Crippen molar-refractivity contribution >= 4 is 5.91 Å². The molecule has 0 atom stereocenters. The first kappa shape index (κ1) is 21.0. The first-order valence-electron chi connectivity index (χ1n) is 10.9. The van der Waals surface area contributed by atoms with Gasteiger partial charge in [0.05, 0.1) is 19.8 Å².